The van der Waals surface area contributed by atoms with E-state index in [9.17, 15) is 0 Å². The topological polar surface area (TPSA) is 47.5 Å². The summed E-state index contributed by atoms with van der Waals surface area (Å²) in [6, 6.07) is 0. The molecule has 1 aromatic rings. The van der Waals surface area contributed by atoms with Crippen LogP contribution in [-0.4, -0.2) is 47.2 Å². The Labute approximate surface area is 118 Å². The predicted molar refractivity (Wildman–Crippen MR) is 75.1 cm³/mol. The molecule has 19 heavy (non-hydrogen) atoms. The number of ether oxygens (including phenoxy) is 2. The fraction of sp³-hybridized carbons (Fsp3) is 0.692. The highest BCUT2D eigenvalue weighted by atomic mass is 35.5. The molecule has 106 valence electrons. The summed E-state index contributed by atoms with van der Waals surface area (Å²) in [5.41, 5.74) is 0. The van der Waals surface area contributed by atoms with Crippen molar-refractivity contribution >= 4 is 17.4 Å². The van der Waals surface area contributed by atoms with E-state index in [0.29, 0.717) is 11.8 Å². The molecule has 1 fully saturated rings. The van der Waals surface area contributed by atoms with Gasteiger partial charge in [-0.1, -0.05) is 0 Å². The summed E-state index contributed by atoms with van der Waals surface area (Å²) in [5, 5.41) is 0. The average molecular weight is 286 g/mol. The van der Waals surface area contributed by atoms with Crippen LogP contribution in [0.15, 0.2) is 12.4 Å². The van der Waals surface area contributed by atoms with Gasteiger partial charge in [0.2, 0.25) is 5.88 Å². The number of alkyl halides is 1. The van der Waals surface area contributed by atoms with Gasteiger partial charge in [0.05, 0.1) is 36.6 Å². The van der Waals surface area contributed by atoms with Crippen LogP contribution in [0.4, 0.5) is 5.82 Å². The van der Waals surface area contributed by atoms with Crippen molar-refractivity contribution in [3.63, 3.8) is 0 Å². The minimum atomic E-state index is 0.0295. The molecule has 0 aromatic carbocycles. The van der Waals surface area contributed by atoms with Crippen LogP contribution < -0.4 is 9.64 Å². The second-order valence-corrected chi connectivity index (χ2v) is 5.32. The van der Waals surface area contributed by atoms with E-state index < -0.39 is 0 Å². The van der Waals surface area contributed by atoms with Crippen molar-refractivity contribution in [2.24, 2.45) is 0 Å². The molecule has 1 aliphatic heterocycles. The minimum absolute atomic E-state index is 0.0295. The van der Waals surface area contributed by atoms with Crippen LogP contribution in [0.2, 0.25) is 0 Å². The minimum Gasteiger partial charge on any atom is -0.474 e. The van der Waals surface area contributed by atoms with Crippen molar-refractivity contribution in [1.82, 2.24) is 9.97 Å². The molecule has 0 saturated carbocycles. The zero-order valence-corrected chi connectivity index (χ0v) is 12.3. The fourth-order valence-electron chi connectivity index (χ4n) is 2.11. The van der Waals surface area contributed by atoms with Crippen molar-refractivity contribution in [2.75, 3.05) is 23.9 Å². The molecule has 2 rings (SSSR count). The Bertz CT molecular complexity index is 417. The third kappa shape index (κ3) is 3.94. The number of rotatable bonds is 4. The van der Waals surface area contributed by atoms with Gasteiger partial charge in [-0.25, -0.2) is 0 Å². The lowest BCUT2D eigenvalue weighted by Gasteiger charge is -2.36. The molecule has 0 bridgehead atoms. The molecule has 0 radical (unpaired) electrons. The largest absolute Gasteiger partial charge is 0.474 e. The van der Waals surface area contributed by atoms with E-state index in [4.69, 9.17) is 21.1 Å². The van der Waals surface area contributed by atoms with Crippen molar-refractivity contribution in [3.05, 3.63) is 12.4 Å². The van der Waals surface area contributed by atoms with Crippen molar-refractivity contribution in [1.29, 1.82) is 0 Å². The van der Waals surface area contributed by atoms with Gasteiger partial charge in [-0.15, -0.1) is 11.6 Å². The van der Waals surface area contributed by atoms with Gasteiger partial charge in [0.15, 0.2) is 5.82 Å². The Morgan fingerprint density at radius 2 is 2.26 bits per heavy atom. The first kappa shape index (κ1) is 14.3. The summed E-state index contributed by atoms with van der Waals surface area (Å²) < 4.78 is 11.3. The van der Waals surface area contributed by atoms with E-state index in [1.165, 1.54) is 0 Å². The highest BCUT2D eigenvalue weighted by Crippen LogP contribution is 2.20. The van der Waals surface area contributed by atoms with Gasteiger partial charge in [-0.2, -0.15) is 4.98 Å². The normalized spacial score (nSPS) is 23.7. The summed E-state index contributed by atoms with van der Waals surface area (Å²) >= 11 is 5.89. The molecule has 0 spiro atoms. The molecule has 1 saturated heterocycles. The Morgan fingerprint density at radius 1 is 1.47 bits per heavy atom. The number of hydrogen-bond donors (Lipinski definition) is 0. The van der Waals surface area contributed by atoms with Crippen molar-refractivity contribution in [2.45, 2.75) is 39.1 Å². The maximum Gasteiger partial charge on any atom is 0.234 e. The van der Waals surface area contributed by atoms with Crippen molar-refractivity contribution in [3.8, 4) is 5.88 Å². The average Bonchev–Trinajstić information content (AvgIpc) is 2.37. The molecule has 0 N–H and O–H groups in total. The quantitative estimate of drug-likeness (QED) is 0.793. The third-order valence-corrected chi connectivity index (χ3v) is 3.12. The highest BCUT2D eigenvalue weighted by Gasteiger charge is 2.25. The Hall–Kier alpha value is -1.07. The summed E-state index contributed by atoms with van der Waals surface area (Å²) in [5.74, 6) is 1.84. The molecule has 2 unspecified atom stereocenters. The maximum atomic E-state index is 5.89. The van der Waals surface area contributed by atoms with Gasteiger partial charge >= 0.3 is 0 Å². The van der Waals surface area contributed by atoms with Crippen LogP contribution in [-0.2, 0) is 4.74 Å². The van der Waals surface area contributed by atoms with Gasteiger partial charge in [-0.05, 0) is 20.8 Å². The summed E-state index contributed by atoms with van der Waals surface area (Å²) in [6.45, 7) is 7.48. The van der Waals surface area contributed by atoms with E-state index in [-0.39, 0.29) is 18.3 Å². The molecule has 0 aliphatic carbocycles. The first-order valence-electron chi connectivity index (χ1n) is 6.53. The molecular weight excluding hydrogens is 266 g/mol. The maximum absolute atomic E-state index is 5.89. The lowest BCUT2D eigenvalue weighted by atomic mass is 10.2. The Balaban J connectivity index is 2.11. The number of nitrogens with zero attached hydrogens (tertiary/aromatic N) is 3. The second-order valence-electron chi connectivity index (χ2n) is 5.01. The molecule has 1 aromatic heterocycles. The van der Waals surface area contributed by atoms with Crippen LogP contribution in [0.25, 0.3) is 0 Å². The lowest BCUT2D eigenvalue weighted by molar-refractivity contribution is -0.00363. The van der Waals surface area contributed by atoms with Crippen LogP contribution in [0.3, 0.4) is 0 Å². The van der Waals surface area contributed by atoms with Crippen molar-refractivity contribution < 1.29 is 9.47 Å². The summed E-state index contributed by atoms with van der Waals surface area (Å²) in [7, 11) is 0. The first-order valence-corrected chi connectivity index (χ1v) is 7.07. The molecule has 2 heterocycles. The smallest absolute Gasteiger partial charge is 0.234 e. The first-order chi connectivity index (χ1) is 9.08. The SMILES string of the molecule is CC(C)Oc1cncc(N2CC(C)OC(CCl)C2)n1. The lowest BCUT2D eigenvalue weighted by Crippen LogP contribution is -2.47. The Morgan fingerprint density at radius 3 is 2.95 bits per heavy atom. The van der Waals surface area contributed by atoms with Crippen LogP contribution in [0, 0.1) is 0 Å². The Kier molecular flexibility index (Phi) is 4.82. The van der Waals surface area contributed by atoms with Gasteiger partial charge < -0.3 is 14.4 Å². The molecule has 1 aliphatic rings. The monoisotopic (exact) mass is 285 g/mol. The van der Waals surface area contributed by atoms with E-state index in [1.54, 1.807) is 12.4 Å². The predicted octanol–water partition coefficient (Wildman–Crippen LogP) is 2.10. The van der Waals surface area contributed by atoms with Crippen LogP contribution in [0.5, 0.6) is 5.88 Å². The number of anilines is 1. The van der Waals surface area contributed by atoms with Crippen LogP contribution in [0.1, 0.15) is 20.8 Å². The van der Waals surface area contributed by atoms with Gasteiger partial charge in [0, 0.05) is 13.1 Å². The molecule has 2 atom stereocenters. The standard InChI is InChI=1S/C13H20ClN3O2/c1-9(2)18-13-6-15-5-12(16-13)17-7-10(3)19-11(4-14)8-17/h5-6,9-11H,4,7-8H2,1-3H3. The van der Waals surface area contributed by atoms with Gasteiger partial charge in [0.1, 0.15) is 0 Å². The zero-order valence-electron chi connectivity index (χ0n) is 11.5. The molecular formula is C13H20ClN3O2. The van der Waals surface area contributed by atoms with E-state index in [2.05, 4.69) is 14.9 Å². The summed E-state index contributed by atoms with van der Waals surface area (Å²) in [6.07, 6.45) is 3.63. The number of halogens is 1. The van der Waals surface area contributed by atoms with E-state index >= 15 is 0 Å². The number of morpholine rings is 1. The molecule has 5 nitrogen and oxygen atoms in total. The fourth-order valence-corrected chi connectivity index (χ4v) is 2.28. The third-order valence-electron chi connectivity index (χ3n) is 2.78. The van der Waals surface area contributed by atoms with E-state index in [1.807, 2.05) is 20.8 Å². The molecule has 6 heteroatoms. The summed E-state index contributed by atoms with van der Waals surface area (Å²) in [4.78, 5) is 10.8. The van der Waals surface area contributed by atoms with Crippen LogP contribution >= 0.6 is 11.6 Å². The second kappa shape index (κ2) is 6.39. The molecule has 0 amide bonds. The highest BCUT2D eigenvalue weighted by molar-refractivity contribution is 6.18. The zero-order chi connectivity index (χ0) is 13.8. The van der Waals surface area contributed by atoms with Gasteiger partial charge in [0.25, 0.3) is 0 Å². The number of aromatic nitrogens is 2. The number of hydrogen-bond acceptors (Lipinski definition) is 5. The van der Waals surface area contributed by atoms with Gasteiger partial charge in [-0.3, -0.25) is 4.98 Å². The van der Waals surface area contributed by atoms with E-state index in [0.717, 1.165) is 18.9 Å².